The second kappa shape index (κ2) is 13.3. The summed E-state index contributed by atoms with van der Waals surface area (Å²) in [6.45, 7) is 0. The minimum Gasteiger partial charge on any atom is -0.455 e. The first-order valence-corrected chi connectivity index (χ1v) is 21.0. The van der Waals surface area contributed by atoms with Gasteiger partial charge in [0, 0.05) is 41.9 Å². The molecule has 12 rings (SSSR count). The van der Waals surface area contributed by atoms with Crippen LogP contribution in [0.4, 0.5) is 0 Å². The van der Waals surface area contributed by atoms with Crippen LogP contribution in [0.2, 0.25) is 0 Å². The van der Waals surface area contributed by atoms with Gasteiger partial charge in [0.25, 0.3) is 0 Å². The lowest BCUT2D eigenvalue weighted by atomic mass is 9.88. The van der Waals surface area contributed by atoms with Gasteiger partial charge in [0.2, 0.25) is 0 Å². The summed E-state index contributed by atoms with van der Waals surface area (Å²) in [6, 6.07) is 62.4. The second-order valence-corrected chi connectivity index (χ2v) is 16.4. The Bertz CT molecular complexity index is 3680. The molecule has 11 aromatic rings. The molecule has 1 nitrogen and oxygen atoms in total. The number of furan rings is 1. The van der Waals surface area contributed by atoms with E-state index in [1.807, 2.05) is 11.3 Å². The van der Waals surface area contributed by atoms with Crippen molar-refractivity contribution in [2.75, 3.05) is 0 Å². The molecule has 0 radical (unpaired) electrons. The van der Waals surface area contributed by atoms with E-state index in [1.54, 1.807) is 0 Å². The predicted molar refractivity (Wildman–Crippen MR) is 249 cm³/mol. The van der Waals surface area contributed by atoms with Gasteiger partial charge in [-0.25, -0.2) is 0 Å². The zero-order valence-electron chi connectivity index (χ0n) is 31.7. The fourth-order valence-electron chi connectivity index (χ4n) is 9.51. The Morgan fingerprint density at radius 3 is 1.78 bits per heavy atom. The smallest absolute Gasteiger partial charge is 0.143 e. The largest absolute Gasteiger partial charge is 0.455 e. The average molecular weight is 757 g/mol. The number of para-hydroxylation sites is 1. The molecule has 2 heterocycles. The van der Waals surface area contributed by atoms with Crippen molar-refractivity contribution in [1.82, 2.24) is 0 Å². The van der Waals surface area contributed by atoms with Crippen LogP contribution in [0.3, 0.4) is 0 Å². The lowest BCUT2D eigenvalue weighted by Crippen LogP contribution is -2.29. The van der Waals surface area contributed by atoms with Gasteiger partial charge in [-0.15, -0.1) is 11.3 Å². The molecule has 0 saturated heterocycles. The van der Waals surface area contributed by atoms with E-state index in [4.69, 9.17) is 4.42 Å². The van der Waals surface area contributed by atoms with Crippen LogP contribution in [-0.2, 0) is 0 Å². The van der Waals surface area contributed by atoms with Gasteiger partial charge in [0.15, 0.2) is 0 Å². The Balaban J connectivity index is 1.18. The number of hydrogen-bond donors (Lipinski definition) is 0. The van der Waals surface area contributed by atoms with Crippen LogP contribution in [0, 0.1) is 0 Å². The van der Waals surface area contributed by atoms with Gasteiger partial charge in [-0.1, -0.05) is 170 Å². The molecule has 0 saturated carbocycles. The van der Waals surface area contributed by atoms with Gasteiger partial charge in [-0.05, 0) is 102 Å². The summed E-state index contributed by atoms with van der Waals surface area (Å²) in [6.07, 6.45) is 11.4. The highest BCUT2D eigenvalue weighted by atomic mass is 32.1. The summed E-state index contributed by atoms with van der Waals surface area (Å²) in [5.41, 5.74) is 9.32. The Morgan fingerprint density at radius 1 is 0.397 bits per heavy atom. The van der Waals surface area contributed by atoms with Crippen molar-refractivity contribution < 1.29 is 4.42 Å². The molecule has 0 atom stereocenters. The third-order valence-electron chi connectivity index (χ3n) is 12.1. The van der Waals surface area contributed by atoms with E-state index >= 15 is 0 Å². The lowest BCUT2D eigenvalue weighted by molar-refractivity contribution is 0.672. The molecule has 0 bridgehead atoms. The molecule has 0 aliphatic heterocycles. The van der Waals surface area contributed by atoms with E-state index in [2.05, 4.69) is 194 Å². The van der Waals surface area contributed by atoms with Crippen LogP contribution >= 0.6 is 11.3 Å². The quantitative estimate of drug-likeness (QED) is 0.175. The van der Waals surface area contributed by atoms with Crippen molar-refractivity contribution in [2.45, 2.75) is 12.8 Å². The highest BCUT2D eigenvalue weighted by molar-refractivity contribution is 7.26. The molecule has 0 spiro atoms. The maximum Gasteiger partial charge on any atom is 0.143 e. The molecule has 2 heteroatoms. The first kappa shape index (κ1) is 33.2. The van der Waals surface area contributed by atoms with Gasteiger partial charge < -0.3 is 4.42 Å². The molecule has 1 aliphatic rings. The van der Waals surface area contributed by atoms with Gasteiger partial charge >= 0.3 is 0 Å². The Labute approximate surface area is 339 Å². The minimum atomic E-state index is 0.920. The van der Waals surface area contributed by atoms with Crippen molar-refractivity contribution in [1.29, 1.82) is 0 Å². The van der Waals surface area contributed by atoms with Crippen LogP contribution in [0.5, 0.6) is 0 Å². The Hall–Kier alpha value is -7.00. The summed E-state index contributed by atoms with van der Waals surface area (Å²) in [4.78, 5) is 0. The Morgan fingerprint density at radius 2 is 0.983 bits per heavy atom. The summed E-state index contributed by atoms with van der Waals surface area (Å²) in [5, 5.41) is 14.7. The highest BCUT2D eigenvalue weighted by Gasteiger charge is 2.21. The summed E-state index contributed by atoms with van der Waals surface area (Å²) in [7, 11) is 0. The van der Waals surface area contributed by atoms with Crippen molar-refractivity contribution >= 4 is 96.9 Å². The lowest BCUT2D eigenvalue weighted by Gasteiger charge is -2.16. The van der Waals surface area contributed by atoms with E-state index in [9.17, 15) is 0 Å². The number of fused-ring (bicyclic) bond motifs is 12. The van der Waals surface area contributed by atoms with Crippen LogP contribution < -0.4 is 10.4 Å². The molecule has 0 N–H and O–H groups in total. The first-order valence-electron chi connectivity index (χ1n) is 20.2. The minimum absolute atomic E-state index is 0.920. The molecule has 0 fully saturated rings. The zero-order chi connectivity index (χ0) is 38.2. The van der Waals surface area contributed by atoms with Crippen molar-refractivity contribution in [3.8, 4) is 11.1 Å². The molecular formula is C56H36OS. The van der Waals surface area contributed by atoms with Crippen LogP contribution in [0.25, 0.3) is 96.7 Å². The molecule has 0 unspecified atom stereocenters. The topological polar surface area (TPSA) is 13.1 Å². The molecule has 0 amide bonds. The number of hydrogen-bond acceptors (Lipinski definition) is 2. The zero-order valence-corrected chi connectivity index (χ0v) is 32.5. The fourth-order valence-corrected chi connectivity index (χ4v) is 10.8. The first-order chi connectivity index (χ1) is 28.8. The molecule has 9 aromatic carbocycles. The van der Waals surface area contributed by atoms with E-state index in [0.717, 1.165) is 40.2 Å². The monoisotopic (exact) mass is 756 g/mol. The van der Waals surface area contributed by atoms with Crippen molar-refractivity contribution in [3.05, 3.63) is 216 Å². The van der Waals surface area contributed by atoms with Crippen LogP contribution in [-0.4, -0.2) is 0 Å². The molecule has 2 aromatic heterocycles. The average Bonchev–Trinajstić information content (AvgIpc) is 3.87. The second-order valence-electron chi connectivity index (χ2n) is 15.4. The number of benzene rings is 9. The van der Waals surface area contributed by atoms with Crippen LogP contribution in [0.15, 0.2) is 199 Å². The van der Waals surface area contributed by atoms with Crippen molar-refractivity contribution in [3.63, 3.8) is 0 Å². The maximum atomic E-state index is 6.70. The molecule has 1 aliphatic carbocycles. The van der Waals surface area contributed by atoms with Crippen LogP contribution in [0.1, 0.15) is 24.0 Å². The SMILES string of the molecule is C1=C/C(c2cccc3ccccc23)=c2/cccc/c2=C(c2ccc(-c3cc4c(ccc5c6ccccc6oc54)c4c3sc3ccccc34)c3ccccc23)/C=C/CC/1. The summed E-state index contributed by atoms with van der Waals surface area (Å²) in [5.74, 6) is 0. The van der Waals surface area contributed by atoms with Gasteiger partial charge in [0.1, 0.15) is 11.2 Å². The summed E-state index contributed by atoms with van der Waals surface area (Å²) < 4.78 is 9.30. The van der Waals surface area contributed by atoms with Gasteiger partial charge in [-0.2, -0.15) is 0 Å². The van der Waals surface area contributed by atoms with E-state index in [-0.39, 0.29) is 0 Å². The standard InChI is InChI=1S/C56H36OS/c1-2-4-20-41(40-22-8-7-21-39(40)38(19-3-1)37-27-15-17-35-16-5-6-18-36(35)37)44-30-31-45(43-24-10-9-23-42(43)44)51-34-50-47(54-49-26-12-14-29-53(49)58-56(51)54)32-33-48-46-25-11-13-28-52(46)57-55(48)50/h3-34H,1-2H2/b19-3+,20-4+,39-38+,41-40+. The fraction of sp³-hybridized carbons (Fsp3) is 0.0357. The predicted octanol–water partition coefficient (Wildman–Crippen LogP) is 14.4. The van der Waals surface area contributed by atoms with E-state index < -0.39 is 0 Å². The van der Waals surface area contributed by atoms with E-state index in [1.165, 1.54) is 90.9 Å². The number of allylic oxidation sites excluding steroid dienone is 4. The molecule has 272 valence electrons. The van der Waals surface area contributed by atoms with Crippen molar-refractivity contribution in [2.24, 2.45) is 0 Å². The maximum absolute atomic E-state index is 6.70. The highest BCUT2D eigenvalue weighted by Crippen LogP contribution is 2.48. The summed E-state index contributed by atoms with van der Waals surface area (Å²) >= 11 is 1.89. The van der Waals surface area contributed by atoms with Gasteiger partial charge in [0.05, 0.1) is 0 Å². The number of thiophene rings is 1. The molecule has 58 heavy (non-hydrogen) atoms. The molecular weight excluding hydrogens is 721 g/mol. The third kappa shape index (κ3) is 5.09. The number of rotatable bonds is 3. The van der Waals surface area contributed by atoms with Gasteiger partial charge in [-0.3, -0.25) is 0 Å². The Kier molecular flexibility index (Phi) is 7.61. The normalized spacial score (nSPS) is 16.5. The van der Waals surface area contributed by atoms with E-state index in [0.29, 0.717) is 0 Å². The third-order valence-corrected chi connectivity index (χ3v) is 13.3.